The van der Waals surface area contributed by atoms with Gasteiger partial charge in [0.2, 0.25) is 0 Å². The third kappa shape index (κ3) is 4.41. The van der Waals surface area contributed by atoms with Gasteiger partial charge in [-0.25, -0.2) is 9.18 Å². The fourth-order valence-electron chi connectivity index (χ4n) is 2.32. The van der Waals surface area contributed by atoms with Crippen LogP contribution in [-0.2, 0) is 11.3 Å². The molecule has 7 nitrogen and oxygen atoms in total. The monoisotopic (exact) mass is 339 g/mol. The van der Waals surface area contributed by atoms with Crippen molar-refractivity contribution in [3.8, 4) is 0 Å². The summed E-state index contributed by atoms with van der Waals surface area (Å²) >= 11 is 0. The Hall–Kier alpha value is -2.22. The van der Waals surface area contributed by atoms with Gasteiger partial charge in [-0.2, -0.15) is 0 Å². The van der Waals surface area contributed by atoms with E-state index in [0.29, 0.717) is 13.1 Å². The summed E-state index contributed by atoms with van der Waals surface area (Å²) in [6, 6.07) is 1.25. The fraction of sp³-hybridized carbons (Fsp3) is 0.562. The Morgan fingerprint density at radius 1 is 1.25 bits per heavy atom. The molecule has 0 bridgehead atoms. The highest BCUT2D eigenvalue weighted by atomic mass is 19.1. The summed E-state index contributed by atoms with van der Waals surface area (Å²) in [6.45, 7) is 6.21. The molecule has 1 aliphatic heterocycles. The molecule has 1 N–H and O–H groups in total. The minimum atomic E-state index is -0.730. The Morgan fingerprint density at radius 3 is 2.38 bits per heavy atom. The Morgan fingerprint density at radius 2 is 1.83 bits per heavy atom. The van der Waals surface area contributed by atoms with E-state index in [-0.39, 0.29) is 31.0 Å². The van der Waals surface area contributed by atoms with Crippen molar-refractivity contribution in [2.24, 2.45) is 0 Å². The molecule has 1 fully saturated rings. The van der Waals surface area contributed by atoms with E-state index in [4.69, 9.17) is 9.84 Å². The highest BCUT2D eigenvalue weighted by molar-refractivity contribution is 5.94. The maximum absolute atomic E-state index is 13.8. The molecule has 0 atom stereocenters. The number of hydrogen-bond donors (Lipinski definition) is 1. The number of pyridine rings is 1. The molecule has 2 amide bonds. The van der Waals surface area contributed by atoms with E-state index >= 15 is 0 Å². The molecular formula is C16H22FN3O4. The number of amides is 2. The van der Waals surface area contributed by atoms with Crippen molar-refractivity contribution in [1.29, 1.82) is 0 Å². The van der Waals surface area contributed by atoms with Crippen molar-refractivity contribution in [2.45, 2.75) is 33.0 Å². The molecular weight excluding hydrogens is 317 g/mol. The molecule has 132 valence electrons. The second-order valence-corrected chi connectivity index (χ2v) is 6.57. The van der Waals surface area contributed by atoms with E-state index in [1.165, 1.54) is 15.9 Å². The first kappa shape index (κ1) is 18.1. The van der Waals surface area contributed by atoms with Crippen LogP contribution in [0.3, 0.4) is 0 Å². The van der Waals surface area contributed by atoms with Crippen molar-refractivity contribution >= 4 is 12.0 Å². The minimum absolute atomic E-state index is 0.125. The third-order valence-electron chi connectivity index (χ3n) is 3.52. The SMILES string of the molecule is CC(C)(C)OC(=O)N1CCN(C(=O)c2cc(CO)ncc2F)CC1. The molecule has 1 aromatic heterocycles. The quantitative estimate of drug-likeness (QED) is 0.881. The number of aliphatic hydroxyl groups is 1. The molecule has 2 rings (SSSR count). The van der Waals surface area contributed by atoms with Crippen LogP contribution in [0.1, 0.15) is 36.8 Å². The normalized spacial score (nSPS) is 15.4. The zero-order valence-electron chi connectivity index (χ0n) is 14.1. The summed E-state index contributed by atoms with van der Waals surface area (Å²) in [4.78, 5) is 31.1. The average Bonchev–Trinajstić information content (AvgIpc) is 2.53. The van der Waals surface area contributed by atoms with Gasteiger partial charge >= 0.3 is 6.09 Å². The molecule has 0 radical (unpaired) electrons. The molecule has 2 heterocycles. The van der Waals surface area contributed by atoms with Crippen LogP contribution < -0.4 is 0 Å². The number of piperazine rings is 1. The second kappa shape index (κ2) is 7.12. The topological polar surface area (TPSA) is 83.0 Å². The van der Waals surface area contributed by atoms with Gasteiger partial charge in [-0.1, -0.05) is 0 Å². The number of nitrogens with zero attached hydrogens (tertiary/aromatic N) is 3. The zero-order valence-corrected chi connectivity index (χ0v) is 14.1. The van der Waals surface area contributed by atoms with Crippen molar-refractivity contribution in [2.75, 3.05) is 26.2 Å². The number of rotatable bonds is 2. The Bertz CT molecular complexity index is 622. The number of carbonyl (C=O) groups is 2. The predicted molar refractivity (Wildman–Crippen MR) is 83.8 cm³/mol. The number of hydrogen-bond acceptors (Lipinski definition) is 5. The van der Waals surface area contributed by atoms with Gasteiger partial charge in [-0.15, -0.1) is 0 Å². The van der Waals surface area contributed by atoms with Crippen LogP contribution in [0.2, 0.25) is 0 Å². The summed E-state index contributed by atoms with van der Waals surface area (Å²) in [5, 5.41) is 9.07. The molecule has 0 spiro atoms. The third-order valence-corrected chi connectivity index (χ3v) is 3.52. The summed E-state index contributed by atoms with van der Waals surface area (Å²) in [7, 11) is 0. The van der Waals surface area contributed by atoms with Crippen molar-refractivity contribution in [3.63, 3.8) is 0 Å². The molecule has 0 saturated carbocycles. The van der Waals surface area contributed by atoms with Crippen LogP contribution in [0.4, 0.5) is 9.18 Å². The van der Waals surface area contributed by atoms with Gasteiger partial charge in [-0.05, 0) is 26.8 Å². The number of ether oxygens (including phenoxy) is 1. The highest BCUT2D eigenvalue weighted by Gasteiger charge is 2.29. The summed E-state index contributed by atoms with van der Waals surface area (Å²) < 4.78 is 19.1. The lowest BCUT2D eigenvalue weighted by atomic mass is 10.1. The largest absolute Gasteiger partial charge is 0.444 e. The standard InChI is InChI=1S/C16H22FN3O4/c1-16(2,3)24-15(23)20-6-4-19(5-7-20)14(22)12-8-11(10-21)18-9-13(12)17/h8-9,21H,4-7,10H2,1-3H3. The number of halogens is 1. The van der Waals surface area contributed by atoms with Crippen LogP contribution in [-0.4, -0.2) is 63.7 Å². The molecule has 24 heavy (non-hydrogen) atoms. The van der Waals surface area contributed by atoms with Crippen LogP contribution in [0.15, 0.2) is 12.3 Å². The Balaban J connectivity index is 1.99. The molecule has 1 aliphatic rings. The number of aliphatic hydroxyl groups excluding tert-OH is 1. The smallest absolute Gasteiger partial charge is 0.410 e. The van der Waals surface area contributed by atoms with E-state index in [9.17, 15) is 14.0 Å². The van der Waals surface area contributed by atoms with Crippen LogP contribution in [0.25, 0.3) is 0 Å². The molecule has 0 aromatic carbocycles. The maximum atomic E-state index is 13.8. The Kier molecular flexibility index (Phi) is 5.38. The van der Waals surface area contributed by atoms with Gasteiger partial charge in [0.05, 0.1) is 24.1 Å². The van der Waals surface area contributed by atoms with E-state index in [1.54, 1.807) is 20.8 Å². The summed E-state index contributed by atoms with van der Waals surface area (Å²) in [5.41, 5.74) is -0.475. The van der Waals surface area contributed by atoms with Gasteiger partial charge in [0.25, 0.3) is 5.91 Å². The van der Waals surface area contributed by atoms with Crippen LogP contribution in [0, 0.1) is 5.82 Å². The lowest BCUT2D eigenvalue weighted by Crippen LogP contribution is -2.51. The molecule has 0 unspecified atom stereocenters. The van der Waals surface area contributed by atoms with Gasteiger partial charge in [-0.3, -0.25) is 9.78 Å². The number of aromatic nitrogens is 1. The van der Waals surface area contributed by atoms with E-state index in [2.05, 4.69) is 4.98 Å². The van der Waals surface area contributed by atoms with E-state index in [0.717, 1.165) is 6.20 Å². The van der Waals surface area contributed by atoms with Crippen molar-refractivity contribution < 1.29 is 23.8 Å². The van der Waals surface area contributed by atoms with Gasteiger partial charge in [0, 0.05) is 26.2 Å². The lowest BCUT2D eigenvalue weighted by Gasteiger charge is -2.35. The van der Waals surface area contributed by atoms with Crippen molar-refractivity contribution in [1.82, 2.24) is 14.8 Å². The van der Waals surface area contributed by atoms with Crippen LogP contribution >= 0.6 is 0 Å². The highest BCUT2D eigenvalue weighted by Crippen LogP contribution is 2.15. The first-order chi connectivity index (χ1) is 11.2. The van der Waals surface area contributed by atoms with Gasteiger partial charge in [0.1, 0.15) is 5.60 Å². The average molecular weight is 339 g/mol. The van der Waals surface area contributed by atoms with E-state index < -0.39 is 23.4 Å². The first-order valence-corrected chi connectivity index (χ1v) is 7.74. The molecule has 1 aromatic rings. The fourth-order valence-corrected chi connectivity index (χ4v) is 2.32. The Labute approximate surface area is 140 Å². The zero-order chi connectivity index (χ0) is 17.9. The van der Waals surface area contributed by atoms with Crippen molar-refractivity contribution in [3.05, 3.63) is 29.3 Å². The summed E-state index contributed by atoms with van der Waals surface area (Å²) in [5.74, 6) is -1.21. The van der Waals surface area contributed by atoms with E-state index in [1.807, 2.05) is 0 Å². The summed E-state index contributed by atoms with van der Waals surface area (Å²) in [6.07, 6.45) is 0.502. The number of carbonyl (C=O) groups excluding carboxylic acids is 2. The van der Waals surface area contributed by atoms with Gasteiger partial charge < -0.3 is 19.6 Å². The maximum Gasteiger partial charge on any atom is 0.410 e. The molecule has 8 heteroatoms. The van der Waals surface area contributed by atoms with Gasteiger partial charge in [0.15, 0.2) is 5.82 Å². The second-order valence-electron chi connectivity index (χ2n) is 6.57. The molecule has 0 aliphatic carbocycles. The minimum Gasteiger partial charge on any atom is -0.444 e. The molecule has 1 saturated heterocycles. The predicted octanol–water partition coefficient (Wildman–Crippen LogP) is 1.41. The van der Waals surface area contributed by atoms with Crippen LogP contribution in [0.5, 0.6) is 0 Å². The lowest BCUT2D eigenvalue weighted by molar-refractivity contribution is 0.0140. The first-order valence-electron chi connectivity index (χ1n) is 7.74.